The van der Waals surface area contributed by atoms with E-state index in [0.29, 0.717) is 6.42 Å². The Labute approximate surface area is 109 Å². The van der Waals surface area contributed by atoms with Crippen molar-refractivity contribution in [3.63, 3.8) is 0 Å². The van der Waals surface area contributed by atoms with E-state index < -0.39 is 12.3 Å². The molecule has 0 aromatic carbocycles. The van der Waals surface area contributed by atoms with Gasteiger partial charge in [0.1, 0.15) is 11.3 Å². The van der Waals surface area contributed by atoms with Crippen LogP contribution in [0, 0.1) is 6.92 Å². The molecule has 0 radical (unpaired) electrons. The summed E-state index contributed by atoms with van der Waals surface area (Å²) in [6.45, 7) is 1.76. The first-order valence-electron chi connectivity index (χ1n) is 5.72. The second-order valence-electron chi connectivity index (χ2n) is 4.33. The van der Waals surface area contributed by atoms with Crippen molar-refractivity contribution >= 4 is 11.8 Å². The predicted octanol–water partition coefficient (Wildman–Crippen LogP) is -0.119. The van der Waals surface area contributed by atoms with Crippen molar-refractivity contribution in [2.45, 2.75) is 36.7 Å². The normalized spacial score (nSPS) is 27.7. The molecular formula is C11H17N3O3S. The summed E-state index contributed by atoms with van der Waals surface area (Å²) in [4.78, 5) is 15.9. The van der Waals surface area contributed by atoms with Crippen LogP contribution in [0.3, 0.4) is 0 Å². The average Bonchev–Trinajstić information content (AvgIpc) is 2.72. The van der Waals surface area contributed by atoms with Gasteiger partial charge in [0, 0.05) is 18.7 Å². The van der Waals surface area contributed by atoms with Crippen molar-refractivity contribution in [3.05, 3.63) is 22.2 Å². The highest BCUT2D eigenvalue weighted by Crippen LogP contribution is 2.27. The maximum absolute atomic E-state index is 11.9. The molecule has 0 unspecified atom stereocenters. The van der Waals surface area contributed by atoms with Gasteiger partial charge in [0.15, 0.2) is 0 Å². The van der Waals surface area contributed by atoms with Gasteiger partial charge in [0.05, 0.1) is 12.7 Å². The van der Waals surface area contributed by atoms with Crippen molar-refractivity contribution in [2.75, 3.05) is 12.9 Å². The standard InChI is InChI=1S/C11H17N3O3S/c1-6-4-14(11(16)13-10(6)18-2)9-3-7(12)8(5-15)17-9/h4,7-9,15H,3,5,12H2,1-2H3/t7-,8+,9+/m0/s1. The van der Waals surface area contributed by atoms with Crippen molar-refractivity contribution in [1.82, 2.24) is 9.55 Å². The van der Waals surface area contributed by atoms with Crippen LogP contribution in [0.2, 0.25) is 0 Å². The number of hydrogen-bond donors (Lipinski definition) is 2. The summed E-state index contributed by atoms with van der Waals surface area (Å²) >= 11 is 1.44. The quantitative estimate of drug-likeness (QED) is 0.588. The molecule has 6 nitrogen and oxygen atoms in total. The van der Waals surface area contributed by atoms with Gasteiger partial charge in [-0.05, 0) is 18.7 Å². The predicted molar refractivity (Wildman–Crippen MR) is 68.6 cm³/mol. The number of hydrogen-bond acceptors (Lipinski definition) is 6. The average molecular weight is 271 g/mol. The first-order valence-corrected chi connectivity index (χ1v) is 6.95. The smallest absolute Gasteiger partial charge is 0.350 e. The summed E-state index contributed by atoms with van der Waals surface area (Å²) < 4.78 is 7.01. The van der Waals surface area contributed by atoms with E-state index in [2.05, 4.69) is 4.98 Å². The molecule has 0 aliphatic carbocycles. The topological polar surface area (TPSA) is 90.4 Å². The summed E-state index contributed by atoms with van der Waals surface area (Å²) in [5, 5.41) is 9.82. The molecule has 2 rings (SSSR count). The van der Waals surface area contributed by atoms with Crippen molar-refractivity contribution < 1.29 is 9.84 Å². The summed E-state index contributed by atoms with van der Waals surface area (Å²) in [5.74, 6) is 0. The van der Waals surface area contributed by atoms with Gasteiger partial charge >= 0.3 is 5.69 Å². The Morgan fingerprint density at radius 2 is 2.44 bits per heavy atom. The van der Waals surface area contributed by atoms with E-state index in [0.717, 1.165) is 10.6 Å². The van der Waals surface area contributed by atoms with Crippen LogP contribution >= 0.6 is 11.8 Å². The van der Waals surface area contributed by atoms with Crippen LogP contribution in [0.4, 0.5) is 0 Å². The molecule has 1 aliphatic heterocycles. The lowest BCUT2D eigenvalue weighted by atomic mass is 10.1. The first-order chi connectivity index (χ1) is 8.56. The Balaban J connectivity index is 2.30. The zero-order valence-corrected chi connectivity index (χ0v) is 11.2. The molecule has 100 valence electrons. The van der Waals surface area contributed by atoms with Crippen LogP contribution in [0.15, 0.2) is 16.0 Å². The molecule has 0 amide bonds. The van der Waals surface area contributed by atoms with Crippen LogP contribution in [-0.2, 0) is 4.74 Å². The third kappa shape index (κ3) is 2.44. The third-order valence-corrected chi connectivity index (χ3v) is 3.85. The zero-order valence-electron chi connectivity index (χ0n) is 10.4. The minimum Gasteiger partial charge on any atom is -0.394 e. The maximum atomic E-state index is 11.9. The lowest BCUT2D eigenvalue weighted by Crippen LogP contribution is -2.32. The zero-order chi connectivity index (χ0) is 13.3. The Morgan fingerprint density at radius 3 is 3.00 bits per heavy atom. The van der Waals surface area contributed by atoms with E-state index in [1.165, 1.54) is 16.3 Å². The van der Waals surface area contributed by atoms with Crippen LogP contribution < -0.4 is 11.4 Å². The fourth-order valence-electron chi connectivity index (χ4n) is 2.07. The van der Waals surface area contributed by atoms with E-state index >= 15 is 0 Å². The number of thioether (sulfide) groups is 1. The number of aliphatic hydroxyl groups excluding tert-OH is 1. The fraction of sp³-hybridized carbons (Fsp3) is 0.636. The SMILES string of the molecule is CSc1nc(=O)n([C@H]2C[C@H](N)[C@@H](CO)O2)cc1C. The number of ether oxygens (including phenoxy) is 1. The summed E-state index contributed by atoms with van der Waals surface area (Å²) in [6.07, 6.45) is 3.26. The maximum Gasteiger partial charge on any atom is 0.350 e. The Kier molecular flexibility index (Phi) is 4.06. The van der Waals surface area contributed by atoms with Crippen molar-refractivity contribution in [3.8, 4) is 0 Å². The molecule has 1 saturated heterocycles. The van der Waals surface area contributed by atoms with Gasteiger partial charge in [-0.1, -0.05) is 0 Å². The van der Waals surface area contributed by atoms with Crippen LogP contribution in [-0.4, -0.2) is 39.7 Å². The Morgan fingerprint density at radius 1 is 1.72 bits per heavy atom. The highest BCUT2D eigenvalue weighted by atomic mass is 32.2. The van der Waals surface area contributed by atoms with Gasteiger partial charge in [-0.25, -0.2) is 4.79 Å². The minimum absolute atomic E-state index is 0.137. The van der Waals surface area contributed by atoms with Crippen molar-refractivity contribution in [1.29, 1.82) is 0 Å². The number of rotatable bonds is 3. The highest BCUT2D eigenvalue weighted by molar-refractivity contribution is 7.98. The molecule has 0 bridgehead atoms. The molecular weight excluding hydrogens is 254 g/mol. The fourth-order valence-corrected chi connectivity index (χ4v) is 2.61. The monoisotopic (exact) mass is 271 g/mol. The molecule has 1 aromatic heterocycles. The number of nitrogens with zero attached hydrogens (tertiary/aromatic N) is 2. The number of nitrogens with two attached hydrogens (primary N) is 1. The summed E-state index contributed by atoms with van der Waals surface area (Å²) in [6, 6.07) is -0.257. The van der Waals surface area contributed by atoms with Gasteiger partial charge in [0.25, 0.3) is 0 Å². The van der Waals surface area contributed by atoms with Crippen LogP contribution in [0.25, 0.3) is 0 Å². The van der Waals surface area contributed by atoms with E-state index in [1.807, 2.05) is 13.2 Å². The molecule has 3 N–H and O–H groups in total. The highest BCUT2D eigenvalue weighted by Gasteiger charge is 2.33. The molecule has 0 spiro atoms. The lowest BCUT2D eigenvalue weighted by Gasteiger charge is -2.15. The second-order valence-corrected chi connectivity index (χ2v) is 5.13. The van der Waals surface area contributed by atoms with Gasteiger partial charge in [-0.3, -0.25) is 4.57 Å². The molecule has 1 aromatic rings. The van der Waals surface area contributed by atoms with Gasteiger partial charge in [-0.2, -0.15) is 4.98 Å². The van der Waals surface area contributed by atoms with E-state index in [9.17, 15) is 4.79 Å². The number of aliphatic hydroxyl groups is 1. The van der Waals surface area contributed by atoms with Gasteiger partial charge in [0.2, 0.25) is 0 Å². The molecule has 0 saturated carbocycles. The molecule has 7 heteroatoms. The number of aromatic nitrogens is 2. The van der Waals surface area contributed by atoms with E-state index in [1.54, 1.807) is 6.20 Å². The van der Waals surface area contributed by atoms with Crippen molar-refractivity contribution in [2.24, 2.45) is 5.73 Å². The van der Waals surface area contributed by atoms with Gasteiger partial charge < -0.3 is 15.6 Å². The summed E-state index contributed by atoms with van der Waals surface area (Å²) in [7, 11) is 0. The Bertz CT molecular complexity index is 491. The largest absolute Gasteiger partial charge is 0.394 e. The molecule has 1 fully saturated rings. The first kappa shape index (κ1) is 13.5. The Hall–Kier alpha value is -0.890. The minimum atomic E-state index is -0.438. The van der Waals surface area contributed by atoms with Crippen LogP contribution in [0.5, 0.6) is 0 Å². The molecule has 2 heterocycles. The lowest BCUT2D eigenvalue weighted by molar-refractivity contribution is -0.0272. The van der Waals surface area contributed by atoms with Crippen LogP contribution in [0.1, 0.15) is 18.2 Å². The van der Waals surface area contributed by atoms with E-state index in [-0.39, 0.29) is 18.3 Å². The summed E-state index contributed by atoms with van der Waals surface area (Å²) in [5.41, 5.74) is 6.41. The molecule has 1 aliphatic rings. The van der Waals surface area contributed by atoms with E-state index in [4.69, 9.17) is 15.6 Å². The third-order valence-electron chi connectivity index (χ3n) is 3.05. The number of aryl methyl sites for hydroxylation is 1. The second kappa shape index (κ2) is 5.40. The van der Waals surface area contributed by atoms with Gasteiger partial charge in [-0.15, -0.1) is 11.8 Å². The molecule has 18 heavy (non-hydrogen) atoms. The molecule has 3 atom stereocenters.